The third kappa shape index (κ3) is 3.58. The highest BCUT2D eigenvalue weighted by molar-refractivity contribution is 4.83. The quantitative estimate of drug-likeness (QED) is 0.704. The third-order valence-electron chi connectivity index (χ3n) is 3.31. The Hall–Kier alpha value is -0.0800. The highest BCUT2D eigenvalue weighted by atomic mass is 15.2. The molecule has 0 bridgehead atoms. The van der Waals surface area contributed by atoms with E-state index in [0.29, 0.717) is 0 Å². The van der Waals surface area contributed by atoms with Crippen molar-refractivity contribution in [2.75, 3.05) is 19.6 Å². The van der Waals surface area contributed by atoms with Crippen molar-refractivity contribution in [2.24, 2.45) is 0 Å². The molecule has 2 nitrogen and oxygen atoms in total. The van der Waals surface area contributed by atoms with Crippen molar-refractivity contribution < 1.29 is 0 Å². The van der Waals surface area contributed by atoms with Crippen LogP contribution in [0.25, 0.3) is 0 Å². The second kappa shape index (κ2) is 6.41. The molecule has 0 aliphatic carbocycles. The van der Waals surface area contributed by atoms with Gasteiger partial charge in [-0.15, -0.1) is 0 Å². The molecule has 0 saturated carbocycles. The fraction of sp³-hybridized carbons (Fsp3) is 1.00. The van der Waals surface area contributed by atoms with Crippen LogP contribution >= 0.6 is 0 Å². The first-order chi connectivity index (χ1) is 6.77. The van der Waals surface area contributed by atoms with Crippen molar-refractivity contribution >= 4 is 0 Å². The molecule has 1 fully saturated rings. The SMILES string of the molecule is CCCCC(C)N1CCC(NCC)C1. The van der Waals surface area contributed by atoms with Gasteiger partial charge in [-0.1, -0.05) is 26.7 Å². The smallest absolute Gasteiger partial charge is 0.0207 e. The van der Waals surface area contributed by atoms with Crippen molar-refractivity contribution in [1.29, 1.82) is 0 Å². The Bertz CT molecular complexity index is 147. The Morgan fingerprint density at radius 1 is 1.43 bits per heavy atom. The number of unbranched alkanes of at least 4 members (excludes halogenated alkanes) is 1. The van der Waals surface area contributed by atoms with Gasteiger partial charge in [0.05, 0.1) is 0 Å². The molecule has 1 N–H and O–H groups in total. The molecular weight excluding hydrogens is 172 g/mol. The number of likely N-dealkylation sites (tertiary alicyclic amines) is 1. The largest absolute Gasteiger partial charge is 0.313 e. The lowest BCUT2D eigenvalue weighted by atomic mass is 10.1. The van der Waals surface area contributed by atoms with E-state index >= 15 is 0 Å². The summed E-state index contributed by atoms with van der Waals surface area (Å²) in [6.07, 6.45) is 5.41. The summed E-state index contributed by atoms with van der Waals surface area (Å²) in [6.45, 7) is 10.5. The molecule has 0 spiro atoms. The molecule has 0 radical (unpaired) electrons. The molecule has 1 aliphatic heterocycles. The molecule has 14 heavy (non-hydrogen) atoms. The normalized spacial score (nSPS) is 25.5. The van der Waals surface area contributed by atoms with Gasteiger partial charge in [-0.3, -0.25) is 4.90 Å². The summed E-state index contributed by atoms with van der Waals surface area (Å²) in [5.41, 5.74) is 0. The zero-order valence-electron chi connectivity index (χ0n) is 10.1. The summed E-state index contributed by atoms with van der Waals surface area (Å²) in [5.74, 6) is 0. The Balaban J connectivity index is 2.19. The van der Waals surface area contributed by atoms with Crippen molar-refractivity contribution in [3.05, 3.63) is 0 Å². The maximum atomic E-state index is 3.54. The number of likely N-dealkylation sites (N-methyl/N-ethyl adjacent to an activating group) is 1. The first-order valence-electron chi connectivity index (χ1n) is 6.25. The van der Waals surface area contributed by atoms with Crippen LogP contribution in [0.1, 0.15) is 46.5 Å². The monoisotopic (exact) mass is 198 g/mol. The summed E-state index contributed by atoms with van der Waals surface area (Å²) < 4.78 is 0. The van der Waals surface area contributed by atoms with Gasteiger partial charge in [0.25, 0.3) is 0 Å². The zero-order valence-corrected chi connectivity index (χ0v) is 10.1. The first kappa shape index (κ1) is 12.0. The van der Waals surface area contributed by atoms with Gasteiger partial charge in [0.15, 0.2) is 0 Å². The van der Waals surface area contributed by atoms with E-state index in [-0.39, 0.29) is 0 Å². The molecule has 1 rings (SSSR count). The van der Waals surface area contributed by atoms with Gasteiger partial charge in [-0.2, -0.15) is 0 Å². The first-order valence-corrected chi connectivity index (χ1v) is 6.25. The lowest BCUT2D eigenvalue weighted by molar-refractivity contribution is 0.237. The number of nitrogens with one attached hydrogen (secondary N) is 1. The number of hydrogen-bond donors (Lipinski definition) is 1. The highest BCUT2D eigenvalue weighted by Crippen LogP contribution is 2.16. The van der Waals surface area contributed by atoms with E-state index in [0.717, 1.165) is 18.6 Å². The summed E-state index contributed by atoms with van der Waals surface area (Å²) in [4.78, 5) is 2.64. The molecule has 2 heteroatoms. The summed E-state index contributed by atoms with van der Waals surface area (Å²) >= 11 is 0. The van der Waals surface area contributed by atoms with E-state index in [1.807, 2.05) is 0 Å². The molecule has 2 atom stereocenters. The summed E-state index contributed by atoms with van der Waals surface area (Å²) in [7, 11) is 0. The zero-order chi connectivity index (χ0) is 10.4. The second-order valence-corrected chi connectivity index (χ2v) is 4.53. The topological polar surface area (TPSA) is 15.3 Å². The van der Waals surface area contributed by atoms with Crippen molar-refractivity contribution in [3.8, 4) is 0 Å². The molecule has 0 aromatic carbocycles. The lowest BCUT2D eigenvalue weighted by Gasteiger charge is -2.24. The van der Waals surface area contributed by atoms with Crippen LogP contribution in [0.2, 0.25) is 0 Å². The summed E-state index contributed by atoms with van der Waals surface area (Å²) in [5, 5.41) is 3.54. The van der Waals surface area contributed by atoms with Crippen LogP contribution in [0.3, 0.4) is 0 Å². The average molecular weight is 198 g/mol. The molecule has 0 amide bonds. The number of rotatable bonds is 6. The maximum absolute atomic E-state index is 3.54. The van der Waals surface area contributed by atoms with Gasteiger partial charge in [0, 0.05) is 25.2 Å². The van der Waals surface area contributed by atoms with Gasteiger partial charge in [-0.05, 0) is 26.3 Å². The van der Waals surface area contributed by atoms with Crippen LogP contribution in [0.15, 0.2) is 0 Å². The van der Waals surface area contributed by atoms with E-state index in [1.54, 1.807) is 0 Å². The van der Waals surface area contributed by atoms with Gasteiger partial charge in [0.2, 0.25) is 0 Å². The van der Waals surface area contributed by atoms with Gasteiger partial charge in [-0.25, -0.2) is 0 Å². The van der Waals surface area contributed by atoms with Crippen LogP contribution < -0.4 is 5.32 Å². The van der Waals surface area contributed by atoms with Crippen LogP contribution in [0, 0.1) is 0 Å². The van der Waals surface area contributed by atoms with E-state index < -0.39 is 0 Å². The molecule has 2 unspecified atom stereocenters. The van der Waals surface area contributed by atoms with Gasteiger partial charge in [0.1, 0.15) is 0 Å². The third-order valence-corrected chi connectivity index (χ3v) is 3.31. The number of hydrogen-bond acceptors (Lipinski definition) is 2. The van der Waals surface area contributed by atoms with Crippen molar-refractivity contribution in [3.63, 3.8) is 0 Å². The maximum Gasteiger partial charge on any atom is 0.0207 e. The number of nitrogens with zero attached hydrogens (tertiary/aromatic N) is 1. The Labute approximate surface area is 89.1 Å². The standard InChI is InChI=1S/C12H26N2/c1-4-6-7-11(3)14-9-8-12(10-14)13-5-2/h11-13H,4-10H2,1-3H3. The lowest BCUT2D eigenvalue weighted by Crippen LogP contribution is -2.36. The molecule has 1 aliphatic rings. The molecule has 1 heterocycles. The van der Waals surface area contributed by atoms with Gasteiger partial charge < -0.3 is 5.32 Å². The van der Waals surface area contributed by atoms with Crippen LogP contribution in [0.4, 0.5) is 0 Å². The minimum Gasteiger partial charge on any atom is -0.313 e. The van der Waals surface area contributed by atoms with Crippen LogP contribution in [-0.4, -0.2) is 36.6 Å². The predicted octanol–water partition coefficient (Wildman–Crippen LogP) is 2.25. The van der Waals surface area contributed by atoms with Crippen molar-refractivity contribution in [2.45, 2.75) is 58.5 Å². The fourth-order valence-electron chi connectivity index (χ4n) is 2.33. The molecule has 0 aromatic heterocycles. The van der Waals surface area contributed by atoms with Gasteiger partial charge >= 0.3 is 0 Å². The minimum absolute atomic E-state index is 0.754. The van der Waals surface area contributed by atoms with E-state index in [9.17, 15) is 0 Å². The van der Waals surface area contributed by atoms with E-state index in [1.165, 1.54) is 38.8 Å². The predicted molar refractivity (Wildman–Crippen MR) is 62.6 cm³/mol. The molecule has 1 saturated heterocycles. The van der Waals surface area contributed by atoms with E-state index in [4.69, 9.17) is 0 Å². The van der Waals surface area contributed by atoms with Crippen LogP contribution in [0.5, 0.6) is 0 Å². The second-order valence-electron chi connectivity index (χ2n) is 4.53. The molecular formula is C12H26N2. The van der Waals surface area contributed by atoms with Crippen LogP contribution in [-0.2, 0) is 0 Å². The molecule has 0 aromatic rings. The average Bonchev–Trinajstić information content (AvgIpc) is 2.63. The fourth-order valence-corrected chi connectivity index (χ4v) is 2.33. The Morgan fingerprint density at radius 3 is 2.86 bits per heavy atom. The highest BCUT2D eigenvalue weighted by Gasteiger charge is 2.24. The molecule has 84 valence electrons. The summed E-state index contributed by atoms with van der Waals surface area (Å²) in [6, 6.07) is 1.54. The Kier molecular flexibility index (Phi) is 5.49. The van der Waals surface area contributed by atoms with Crippen molar-refractivity contribution in [1.82, 2.24) is 10.2 Å². The minimum atomic E-state index is 0.754. The van der Waals surface area contributed by atoms with E-state index in [2.05, 4.69) is 31.0 Å². The Morgan fingerprint density at radius 2 is 2.21 bits per heavy atom.